The van der Waals surface area contributed by atoms with Gasteiger partial charge in [-0.15, -0.1) is 0 Å². The molecule has 5 nitrogen and oxygen atoms in total. The number of hydrogen-bond donors (Lipinski definition) is 2. The Kier molecular flexibility index (Phi) is 3.09. The Labute approximate surface area is 114 Å². The van der Waals surface area contributed by atoms with Crippen molar-refractivity contribution >= 4 is 22.6 Å². The van der Waals surface area contributed by atoms with Crippen LogP contribution in [0, 0.1) is 0 Å². The van der Waals surface area contributed by atoms with Crippen LogP contribution in [0.3, 0.4) is 0 Å². The summed E-state index contributed by atoms with van der Waals surface area (Å²) in [6, 6.07) is 11.1. The number of pyridine rings is 1. The lowest BCUT2D eigenvalue weighted by Crippen LogP contribution is -2.06. The summed E-state index contributed by atoms with van der Waals surface area (Å²) < 4.78 is 5.66. The number of nitrogens with zero attached hydrogens (tertiary/aromatic N) is 1. The number of hydrogen-bond acceptors (Lipinski definition) is 4. The van der Waals surface area contributed by atoms with Crippen molar-refractivity contribution in [2.45, 2.75) is 6.54 Å². The highest BCUT2D eigenvalue weighted by atomic mass is 16.4. The highest BCUT2D eigenvalue weighted by molar-refractivity contribution is 5.93. The van der Waals surface area contributed by atoms with Gasteiger partial charge in [-0.2, -0.15) is 0 Å². The van der Waals surface area contributed by atoms with Crippen LogP contribution in [0.1, 0.15) is 16.1 Å². The van der Waals surface area contributed by atoms with Crippen LogP contribution >= 0.6 is 0 Å². The van der Waals surface area contributed by atoms with Gasteiger partial charge >= 0.3 is 5.97 Å². The molecule has 5 heteroatoms. The molecule has 0 saturated heterocycles. The number of anilines is 1. The van der Waals surface area contributed by atoms with E-state index in [0.29, 0.717) is 12.2 Å². The largest absolute Gasteiger partial charge is 0.478 e. The van der Waals surface area contributed by atoms with Crippen LogP contribution in [0.2, 0.25) is 0 Å². The molecule has 3 rings (SSSR count). The SMILES string of the molecule is O=C(O)c1ccncc1NCc1cc2ccccc2o1. The first kappa shape index (κ1) is 12.2. The molecular weight excluding hydrogens is 256 g/mol. The minimum absolute atomic E-state index is 0.191. The van der Waals surface area contributed by atoms with Gasteiger partial charge in [-0.1, -0.05) is 18.2 Å². The van der Waals surface area contributed by atoms with E-state index in [1.807, 2.05) is 30.3 Å². The minimum Gasteiger partial charge on any atom is -0.478 e. The van der Waals surface area contributed by atoms with Crippen molar-refractivity contribution in [3.63, 3.8) is 0 Å². The Balaban J connectivity index is 1.81. The number of rotatable bonds is 4. The molecule has 0 aliphatic carbocycles. The van der Waals surface area contributed by atoms with E-state index in [4.69, 9.17) is 9.52 Å². The monoisotopic (exact) mass is 268 g/mol. The maximum atomic E-state index is 11.1. The summed E-state index contributed by atoms with van der Waals surface area (Å²) in [7, 11) is 0. The average Bonchev–Trinajstić information content (AvgIpc) is 2.88. The van der Waals surface area contributed by atoms with E-state index < -0.39 is 5.97 Å². The smallest absolute Gasteiger partial charge is 0.337 e. The zero-order valence-electron chi connectivity index (χ0n) is 10.5. The summed E-state index contributed by atoms with van der Waals surface area (Å²) >= 11 is 0. The molecule has 0 aliphatic rings. The van der Waals surface area contributed by atoms with Crippen LogP contribution in [-0.4, -0.2) is 16.1 Å². The number of nitrogens with one attached hydrogen (secondary N) is 1. The van der Waals surface area contributed by atoms with E-state index in [2.05, 4.69) is 10.3 Å². The Morgan fingerprint density at radius 3 is 2.95 bits per heavy atom. The topological polar surface area (TPSA) is 75.4 Å². The Hall–Kier alpha value is -2.82. The standard InChI is InChI=1S/C15H12N2O3/c18-15(19)12-5-6-16-9-13(12)17-8-11-7-10-3-1-2-4-14(10)20-11/h1-7,9,17H,8H2,(H,18,19). The number of fused-ring (bicyclic) bond motifs is 1. The summed E-state index contributed by atoms with van der Waals surface area (Å²) in [5.74, 6) is -0.245. The van der Waals surface area contributed by atoms with E-state index in [0.717, 1.165) is 16.7 Å². The maximum absolute atomic E-state index is 11.1. The number of benzene rings is 1. The molecular formula is C15H12N2O3. The third kappa shape index (κ3) is 2.33. The number of carboxylic acid groups (broad SMARTS) is 1. The maximum Gasteiger partial charge on any atom is 0.337 e. The summed E-state index contributed by atoms with van der Waals surface area (Å²) in [5.41, 5.74) is 1.48. The molecule has 0 aliphatic heterocycles. The summed E-state index contributed by atoms with van der Waals surface area (Å²) in [6.45, 7) is 0.403. The predicted octanol–water partition coefficient (Wildman–Crippen LogP) is 3.14. The van der Waals surface area contributed by atoms with Gasteiger partial charge in [-0.25, -0.2) is 4.79 Å². The van der Waals surface area contributed by atoms with E-state index in [1.54, 1.807) is 0 Å². The van der Waals surface area contributed by atoms with Gasteiger partial charge in [0.05, 0.1) is 24.0 Å². The van der Waals surface area contributed by atoms with Crippen molar-refractivity contribution in [3.05, 3.63) is 60.1 Å². The minimum atomic E-state index is -0.987. The van der Waals surface area contributed by atoms with Gasteiger partial charge in [0.1, 0.15) is 11.3 Å². The molecule has 1 aromatic carbocycles. The predicted molar refractivity (Wildman–Crippen MR) is 74.7 cm³/mol. The van der Waals surface area contributed by atoms with Gasteiger partial charge in [0.2, 0.25) is 0 Å². The van der Waals surface area contributed by atoms with Crippen LogP contribution in [0.5, 0.6) is 0 Å². The molecule has 0 radical (unpaired) electrons. The van der Waals surface area contributed by atoms with E-state index in [-0.39, 0.29) is 5.56 Å². The molecule has 0 fully saturated rings. The van der Waals surface area contributed by atoms with Crippen molar-refractivity contribution in [2.75, 3.05) is 5.32 Å². The number of carbonyl (C=O) groups is 1. The molecule has 3 aromatic rings. The average molecular weight is 268 g/mol. The van der Waals surface area contributed by atoms with Crippen LogP contribution in [0.15, 0.2) is 53.2 Å². The number of para-hydroxylation sites is 1. The molecule has 0 spiro atoms. The lowest BCUT2D eigenvalue weighted by Gasteiger charge is -2.06. The second-order valence-corrected chi connectivity index (χ2v) is 4.33. The molecule has 0 atom stereocenters. The molecule has 0 bridgehead atoms. The molecule has 0 saturated carbocycles. The fraction of sp³-hybridized carbons (Fsp3) is 0.0667. The molecule has 100 valence electrons. The lowest BCUT2D eigenvalue weighted by atomic mass is 10.2. The fourth-order valence-electron chi connectivity index (χ4n) is 2.03. The van der Waals surface area contributed by atoms with Crippen LogP contribution < -0.4 is 5.32 Å². The number of carboxylic acids is 1. The normalized spacial score (nSPS) is 10.6. The second kappa shape index (κ2) is 5.05. The highest BCUT2D eigenvalue weighted by Crippen LogP contribution is 2.20. The molecule has 20 heavy (non-hydrogen) atoms. The van der Waals surface area contributed by atoms with Gasteiger partial charge in [-0.3, -0.25) is 4.98 Å². The molecule has 0 amide bonds. The first-order valence-electron chi connectivity index (χ1n) is 6.12. The summed E-state index contributed by atoms with van der Waals surface area (Å²) in [4.78, 5) is 15.0. The highest BCUT2D eigenvalue weighted by Gasteiger charge is 2.10. The third-order valence-corrected chi connectivity index (χ3v) is 2.98. The van der Waals surface area contributed by atoms with Crippen molar-refractivity contribution in [2.24, 2.45) is 0 Å². The van der Waals surface area contributed by atoms with Gasteiger partial charge in [-0.05, 0) is 18.2 Å². The molecule has 2 N–H and O–H groups in total. The van der Waals surface area contributed by atoms with Crippen molar-refractivity contribution < 1.29 is 14.3 Å². The van der Waals surface area contributed by atoms with Crippen molar-refractivity contribution in [1.29, 1.82) is 0 Å². The quantitative estimate of drug-likeness (QED) is 0.760. The Bertz CT molecular complexity index is 731. The van der Waals surface area contributed by atoms with Gasteiger partial charge < -0.3 is 14.8 Å². The Morgan fingerprint density at radius 1 is 1.30 bits per heavy atom. The number of aromatic nitrogens is 1. The van der Waals surface area contributed by atoms with Gasteiger partial charge in [0.15, 0.2) is 0 Å². The lowest BCUT2D eigenvalue weighted by molar-refractivity contribution is 0.0697. The first-order chi connectivity index (χ1) is 9.74. The second-order valence-electron chi connectivity index (χ2n) is 4.33. The third-order valence-electron chi connectivity index (χ3n) is 2.98. The van der Waals surface area contributed by atoms with E-state index >= 15 is 0 Å². The first-order valence-corrected chi connectivity index (χ1v) is 6.12. The Morgan fingerprint density at radius 2 is 2.15 bits per heavy atom. The number of aromatic carboxylic acids is 1. The summed E-state index contributed by atoms with van der Waals surface area (Å²) in [5, 5.41) is 13.1. The van der Waals surface area contributed by atoms with E-state index in [9.17, 15) is 4.79 Å². The zero-order valence-corrected chi connectivity index (χ0v) is 10.5. The molecule has 2 heterocycles. The van der Waals surface area contributed by atoms with Crippen LogP contribution in [0.4, 0.5) is 5.69 Å². The van der Waals surface area contributed by atoms with Gasteiger partial charge in [0, 0.05) is 11.6 Å². The number of furan rings is 1. The van der Waals surface area contributed by atoms with Crippen LogP contribution in [-0.2, 0) is 6.54 Å². The van der Waals surface area contributed by atoms with Gasteiger partial charge in [0.25, 0.3) is 0 Å². The van der Waals surface area contributed by atoms with Crippen molar-refractivity contribution in [1.82, 2.24) is 4.98 Å². The van der Waals surface area contributed by atoms with Crippen LogP contribution in [0.25, 0.3) is 11.0 Å². The fourth-order valence-corrected chi connectivity index (χ4v) is 2.03. The van der Waals surface area contributed by atoms with E-state index in [1.165, 1.54) is 18.5 Å². The summed E-state index contributed by atoms with van der Waals surface area (Å²) in [6.07, 6.45) is 2.95. The zero-order chi connectivity index (χ0) is 13.9. The van der Waals surface area contributed by atoms with Crippen molar-refractivity contribution in [3.8, 4) is 0 Å². The molecule has 0 unspecified atom stereocenters. The molecule has 2 aromatic heterocycles.